The molecule has 0 radical (unpaired) electrons. The molecular weight excluding hydrogens is 344 g/mol. The molecule has 4 rings (SSSR count). The fraction of sp³-hybridized carbons (Fsp3) is 0. The van der Waals surface area contributed by atoms with Crippen molar-refractivity contribution in [1.82, 2.24) is 19.9 Å². The molecular formula is C24H18N4. The van der Waals surface area contributed by atoms with E-state index in [4.69, 9.17) is 0 Å². The summed E-state index contributed by atoms with van der Waals surface area (Å²) in [5.41, 5.74) is 5.95. The maximum atomic E-state index is 4.61. The number of hydrogen-bond acceptors (Lipinski definition) is 4. The minimum absolute atomic E-state index is 0.844. The summed E-state index contributed by atoms with van der Waals surface area (Å²) in [5.74, 6) is 0. The lowest BCUT2D eigenvalue weighted by Crippen LogP contribution is -1.93. The molecule has 4 aromatic rings. The molecule has 0 amide bonds. The summed E-state index contributed by atoms with van der Waals surface area (Å²) >= 11 is 0. The first kappa shape index (κ1) is 17.5. The highest BCUT2D eigenvalue weighted by Gasteiger charge is 2.09. The van der Waals surface area contributed by atoms with Gasteiger partial charge < -0.3 is 0 Å². The maximum Gasteiger partial charge on any atom is 0.0964 e. The van der Waals surface area contributed by atoms with Crippen LogP contribution >= 0.6 is 0 Å². The van der Waals surface area contributed by atoms with Crippen molar-refractivity contribution in [1.29, 1.82) is 0 Å². The second-order valence-electron chi connectivity index (χ2n) is 6.11. The molecule has 0 saturated heterocycles. The normalized spacial score (nSPS) is 11.3. The highest BCUT2D eigenvalue weighted by Crippen LogP contribution is 2.26. The Morgan fingerprint density at radius 1 is 0.536 bits per heavy atom. The van der Waals surface area contributed by atoms with Crippen LogP contribution in [0.2, 0.25) is 0 Å². The van der Waals surface area contributed by atoms with Gasteiger partial charge in [-0.1, -0.05) is 30.4 Å². The molecule has 0 bridgehead atoms. The van der Waals surface area contributed by atoms with Crippen molar-refractivity contribution in [3.8, 4) is 11.4 Å². The van der Waals surface area contributed by atoms with E-state index in [0.717, 1.165) is 33.6 Å². The summed E-state index contributed by atoms with van der Waals surface area (Å²) in [7, 11) is 0. The van der Waals surface area contributed by atoms with E-state index in [0.29, 0.717) is 0 Å². The van der Waals surface area contributed by atoms with Crippen molar-refractivity contribution in [2.75, 3.05) is 0 Å². The van der Waals surface area contributed by atoms with Crippen LogP contribution in [0.5, 0.6) is 0 Å². The van der Waals surface area contributed by atoms with Crippen molar-refractivity contribution in [2.45, 2.75) is 0 Å². The summed E-state index contributed by atoms with van der Waals surface area (Å²) in [6.07, 6.45) is 19.1. The molecule has 0 saturated carbocycles. The molecule has 28 heavy (non-hydrogen) atoms. The molecule has 0 N–H and O–H groups in total. The Morgan fingerprint density at radius 3 is 1.86 bits per heavy atom. The van der Waals surface area contributed by atoms with Gasteiger partial charge >= 0.3 is 0 Å². The predicted molar refractivity (Wildman–Crippen MR) is 114 cm³/mol. The third kappa shape index (κ3) is 4.24. The van der Waals surface area contributed by atoms with E-state index in [1.54, 1.807) is 31.0 Å². The Kier molecular flexibility index (Phi) is 5.40. The number of rotatable bonds is 5. The summed E-state index contributed by atoms with van der Waals surface area (Å²) < 4.78 is 0. The van der Waals surface area contributed by atoms with Gasteiger partial charge in [-0.3, -0.25) is 19.9 Å². The molecule has 4 heterocycles. The third-order valence-corrected chi connectivity index (χ3v) is 4.24. The fourth-order valence-corrected chi connectivity index (χ4v) is 2.83. The molecule has 4 heteroatoms. The minimum atomic E-state index is 0.844. The average molecular weight is 362 g/mol. The maximum absolute atomic E-state index is 4.61. The van der Waals surface area contributed by atoms with Gasteiger partial charge in [0.2, 0.25) is 0 Å². The predicted octanol–water partition coefficient (Wildman–Crippen LogP) is 5.27. The third-order valence-electron chi connectivity index (χ3n) is 4.24. The number of nitrogens with zero attached hydrogens (tertiary/aromatic N) is 4. The number of aromatic nitrogens is 4. The lowest BCUT2D eigenvalue weighted by Gasteiger charge is -2.08. The topological polar surface area (TPSA) is 51.6 Å². The first-order valence-electron chi connectivity index (χ1n) is 8.97. The van der Waals surface area contributed by atoms with E-state index in [2.05, 4.69) is 44.2 Å². The van der Waals surface area contributed by atoms with Gasteiger partial charge in [-0.05, 0) is 59.2 Å². The summed E-state index contributed by atoms with van der Waals surface area (Å²) in [6.45, 7) is 0. The molecule has 0 spiro atoms. The molecule has 4 nitrogen and oxygen atoms in total. The lowest BCUT2D eigenvalue weighted by molar-refractivity contribution is 1.24. The van der Waals surface area contributed by atoms with Crippen LogP contribution in [0.4, 0.5) is 0 Å². The van der Waals surface area contributed by atoms with Gasteiger partial charge in [0.05, 0.1) is 11.4 Å². The fourth-order valence-electron chi connectivity index (χ4n) is 2.83. The second-order valence-corrected chi connectivity index (χ2v) is 6.11. The smallest absolute Gasteiger partial charge is 0.0964 e. The van der Waals surface area contributed by atoms with Crippen LogP contribution in [0.15, 0.2) is 85.7 Å². The molecule has 0 unspecified atom stereocenters. The summed E-state index contributed by atoms with van der Waals surface area (Å²) in [6, 6.07) is 15.8. The standard InChI is InChI=1S/C24H18N4/c1-2-13-27-23(3-1)24-22(7-5-20-10-16-26-17-11-20)21(12-18-28-24)6-4-19-8-14-25-15-9-19/h1-18H/b6-4+,7-5+. The highest BCUT2D eigenvalue weighted by atomic mass is 14.8. The van der Waals surface area contributed by atoms with Crippen molar-refractivity contribution in [3.63, 3.8) is 0 Å². The van der Waals surface area contributed by atoms with Crippen LogP contribution in [-0.2, 0) is 0 Å². The van der Waals surface area contributed by atoms with Gasteiger partial charge in [-0.25, -0.2) is 0 Å². The van der Waals surface area contributed by atoms with Gasteiger partial charge in [-0.2, -0.15) is 0 Å². The largest absolute Gasteiger partial charge is 0.265 e. The Bertz CT molecular complexity index is 1090. The van der Waals surface area contributed by atoms with E-state index in [9.17, 15) is 0 Å². The Labute approximate surface area is 164 Å². The zero-order valence-corrected chi connectivity index (χ0v) is 15.2. The van der Waals surface area contributed by atoms with E-state index in [1.807, 2.05) is 54.7 Å². The van der Waals surface area contributed by atoms with Crippen LogP contribution < -0.4 is 0 Å². The van der Waals surface area contributed by atoms with Crippen molar-refractivity contribution >= 4 is 24.3 Å². The van der Waals surface area contributed by atoms with Crippen molar-refractivity contribution in [3.05, 3.63) is 108 Å². The molecule has 134 valence electrons. The quantitative estimate of drug-likeness (QED) is 0.485. The van der Waals surface area contributed by atoms with Crippen molar-refractivity contribution < 1.29 is 0 Å². The van der Waals surface area contributed by atoms with Crippen molar-refractivity contribution in [2.24, 2.45) is 0 Å². The van der Waals surface area contributed by atoms with Gasteiger partial charge in [-0.15, -0.1) is 0 Å². The monoisotopic (exact) mass is 362 g/mol. The van der Waals surface area contributed by atoms with Gasteiger partial charge in [0.15, 0.2) is 0 Å². The van der Waals surface area contributed by atoms with Crippen LogP contribution in [0, 0.1) is 0 Å². The zero-order valence-electron chi connectivity index (χ0n) is 15.2. The number of pyridine rings is 4. The Balaban J connectivity index is 1.79. The van der Waals surface area contributed by atoms with E-state index < -0.39 is 0 Å². The minimum Gasteiger partial charge on any atom is -0.265 e. The van der Waals surface area contributed by atoms with Crippen LogP contribution in [0.1, 0.15) is 22.3 Å². The molecule has 0 fully saturated rings. The van der Waals surface area contributed by atoms with Crippen LogP contribution in [0.3, 0.4) is 0 Å². The average Bonchev–Trinajstić information content (AvgIpc) is 2.78. The van der Waals surface area contributed by atoms with Gasteiger partial charge in [0, 0.05) is 42.7 Å². The molecule has 0 aromatic carbocycles. The van der Waals surface area contributed by atoms with Gasteiger partial charge in [0.1, 0.15) is 0 Å². The molecule has 0 aliphatic carbocycles. The van der Waals surface area contributed by atoms with E-state index >= 15 is 0 Å². The van der Waals surface area contributed by atoms with E-state index in [-0.39, 0.29) is 0 Å². The molecule has 4 aromatic heterocycles. The first-order valence-corrected chi connectivity index (χ1v) is 8.97. The molecule has 0 aliphatic heterocycles. The van der Waals surface area contributed by atoms with Gasteiger partial charge in [0.25, 0.3) is 0 Å². The molecule has 0 atom stereocenters. The summed E-state index contributed by atoms with van der Waals surface area (Å²) in [5, 5.41) is 0. The highest BCUT2D eigenvalue weighted by molar-refractivity contribution is 5.85. The van der Waals surface area contributed by atoms with E-state index in [1.165, 1.54) is 0 Å². The lowest BCUT2D eigenvalue weighted by atomic mass is 10.0. The second kappa shape index (κ2) is 8.64. The first-order chi connectivity index (χ1) is 13.9. The Morgan fingerprint density at radius 2 is 1.21 bits per heavy atom. The number of hydrogen-bond donors (Lipinski definition) is 0. The van der Waals surface area contributed by atoms with Crippen LogP contribution in [-0.4, -0.2) is 19.9 Å². The summed E-state index contributed by atoms with van der Waals surface area (Å²) in [4.78, 5) is 17.2. The Hall–Kier alpha value is -3.92. The van der Waals surface area contributed by atoms with Crippen LogP contribution in [0.25, 0.3) is 35.7 Å². The SMILES string of the molecule is C(=C\c1ccnc(-c2ccccn2)c1/C=C/c1ccncc1)/c1ccncc1. The zero-order chi connectivity index (χ0) is 19.0. The molecule has 0 aliphatic rings.